The van der Waals surface area contributed by atoms with E-state index in [4.69, 9.17) is 33.2 Å². The fourth-order valence-electron chi connectivity index (χ4n) is 8.02. The number of ether oxygens (including phenoxy) is 7. The van der Waals surface area contributed by atoms with Crippen LogP contribution in [0, 0.1) is 0 Å². The van der Waals surface area contributed by atoms with Crippen molar-refractivity contribution in [3.05, 3.63) is 144 Å². The Balaban J connectivity index is 1.37. The number of aldehydes is 1. The monoisotopic (exact) mass is 879 g/mol. The first-order valence-corrected chi connectivity index (χ1v) is 23.8. The predicted octanol–water partition coefficient (Wildman–Crippen LogP) is 12.1. The van der Waals surface area contributed by atoms with Crippen LogP contribution in [0.2, 0.25) is 0 Å². The second-order valence-electron chi connectivity index (χ2n) is 18.0. The maximum Gasteiger partial charge on any atom is 0.308 e. The summed E-state index contributed by atoms with van der Waals surface area (Å²) in [4.78, 5) is 24.1. The molecule has 0 aromatic heterocycles. The number of carbonyl (C=O) groups excluding carboxylic acids is 2. The molecule has 0 aliphatic carbocycles. The van der Waals surface area contributed by atoms with Crippen LogP contribution in [0.3, 0.4) is 0 Å². The lowest BCUT2D eigenvalue weighted by atomic mass is 9.97. The highest BCUT2D eigenvalue weighted by atomic mass is 16.7. The van der Waals surface area contributed by atoms with E-state index in [0.717, 1.165) is 60.6 Å². The molecule has 4 aromatic rings. The third-order valence-electron chi connectivity index (χ3n) is 11.3. The van der Waals surface area contributed by atoms with Gasteiger partial charge in [0.25, 0.3) is 0 Å². The van der Waals surface area contributed by atoms with Crippen LogP contribution in [-0.4, -0.2) is 61.3 Å². The number of esters is 1. The zero-order valence-electron chi connectivity index (χ0n) is 38.7. The summed E-state index contributed by atoms with van der Waals surface area (Å²) >= 11 is 0. The Labute approximate surface area is 383 Å². The first kappa shape index (κ1) is 50.8. The molecule has 5 rings (SSSR count). The van der Waals surface area contributed by atoms with Crippen molar-refractivity contribution in [1.29, 1.82) is 0 Å². The molecule has 0 bridgehead atoms. The molecule has 1 aliphatic rings. The van der Waals surface area contributed by atoms with Crippen molar-refractivity contribution < 1.29 is 42.7 Å². The molecule has 0 radical (unpaired) electrons. The second-order valence-corrected chi connectivity index (χ2v) is 18.0. The molecule has 1 aliphatic heterocycles. The Morgan fingerprint density at radius 2 is 0.984 bits per heavy atom. The summed E-state index contributed by atoms with van der Waals surface area (Å²) in [5.74, 6) is -0.315. The SMILES string of the molecule is CC(C)(C)OC(=O)C[C@@H](CCCCCCCCCCCCCC=O)O[C@@H]1O[C@H](COCc2ccccc2)[C@@H](OCc2ccccc2)[C@H](OCc2ccccc2)[C@H]1OCc1ccccc1. The van der Waals surface area contributed by atoms with Gasteiger partial charge in [-0.25, -0.2) is 0 Å². The number of hydrogen-bond acceptors (Lipinski definition) is 9. The lowest BCUT2D eigenvalue weighted by molar-refractivity contribution is -0.336. The van der Waals surface area contributed by atoms with E-state index in [0.29, 0.717) is 32.7 Å². The van der Waals surface area contributed by atoms with E-state index in [9.17, 15) is 9.59 Å². The van der Waals surface area contributed by atoms with E-state index in [1.165, 1.54) is 38.5 Å². The smallest absolute Gasteiger partial charge is 0.308 e. The highest BCUT2D eigenvalue weighted by Gasteiger charge is 2.50. The Morgan fingerprint density at radius 1 is 0.562 bits per heavy atom. The molecule has 64 heavy (non-hydrogen) atoms. The second kappa shape index (κ2) is 29.3. The van der Waals surface area contributed by atoms with E-state index in [2.05, 4.69) is 0 Å². The molecule has 0 spiro atoms. The van der Waals surface area contributed by atoms with Gasteiger partial charge in [0.1, 0.15) is 36.3 Å². The lowest BCUT2D eigenvalue weighted by Crippen LogP contribution is -2.62. The number of benzene rings is 4. The fraction of sp³-hybridized carbons (Fsp3) is 0.527. The summed E-state index contributed by atoms with van der Waals surface area (Å²) in [5, 5.41) is 0. The van der Waals surface area contributed by atoms with Gasteiger partial charge in [-0.3, -0.25) is 4.79 Å². The maximum atomic E-state index is 13.5. The van der Waals surface area contributed by atoms with E-state index in [1.54, 1.807) is 0 Å². The molecule has 4 aromatic carbocycles. The van der Waals surface area contributed by atoms with Gasteiger partial charge in [-0.15, -0.1) is 0 Å². The van der Waals surface area contributed by atoms with Crippen molar-refractivity contribution >= 4 is 12.3 Å². The highest BCUT2D eigenvalue weighted by Crippen LogP contribution is 2.33. The number of hydrogen-bond donors (Lipinski definition) is 0. The third kappa shape index (κ3) is 19.9. The Morgan fingerprint density at radius 3 is 1.45 bits per heavy atom. The van der Waals surface area contributed by atoms with Crippen LogP contribution < -0.4 is 0 Å². The van der Waals surface area contributed by atoms with Crippen LogP contribution in [0.15, 0.2) is 121 Å². The summed E-state index contributed by atoms with van der Waals surface area (Å²) in [6.07, 6.45) is 11.0. The van der Waals surface area contributed by atoms with E-state index >= 15 is 0 Å². The van der Waals surface area contributed by atoms with Gasteiger partial charge in [-0.05, 0) is 55.9 Å². The Hall–Kier alpha value is -4.22. The van der Waals surface area contributed by atoms with Crippen molar-refractivity contribution in [3.8, 4) is 0 Å². The topological polar surface area (TPSA) is 98.8 Å². The van der Waals surface area contributed by atoms with E-state index in [1.807, 2.05) is 142 Å². The van der Waals surface area contributed by atoms with Crippen LogP contribution in [0.5, 0.6) is 0 Å². The molecular weight excluding hydrogens is 805 g/mol. The van der Waals surface area contributed by atoms with Crippen molar-refractivity contribution in [2.24, 2.45) is 0 Å². The van der Waals surface area contributed by atoms with Crippen molar-refractivity contribution in [2.45, 2.75) is 180 Å². The van der Waals surface area contributed by atoms with Gasteiger partial charge in [0.2, 0.25) is 0 Å². The zero-order valence-corrected chi connectivity index (χ0v) is 38.7. The number of rotatable bonds is 31. The quantitative estimate of drug-likeness (QED) is 0.0278. The molecule has 348 valence electrons. The molecule has 1 heterocycles. The zero-order chi connectivity index (χ0) is 45.1. The van der Waals surface area contributed by atoms with Crippen molar-refractivity contribution in [3.63, 3.8) is 0 Å². The molecule has 6 atom stereocenters. The van der Waals surface area contributed by atoms with Gasteiger partial charge in [0, 0.05) is 6.42 Å². The van der Waals surface area contributed by atoms with E-state index < -0.39 is 42.4 Å². The molecule has 1 saturated heterocycles. The molecule has 0 N–H and O–H groups in total. The molecule has 0 amide bonds. The van der Waals surface area contributed by atoms with E-state index in [-0.39, 0.29) is 25.6 Å². The van der Waals surface area contributed by atoms with Crippen molar-refractivity contribution in [2.75, 3.05) is 6.61 Å². The van der Waals surface area contributed by atoms with Gasteiger partial charge >= 0.3 is 5.97 Å². The summed E-state index contributed by atoms with van der Waals surface area (Å²) in [7, 11) is 0. The Bertz CT molecular complexity index is 1800. The van der Waals surface area contributed by atoms with Crippen LogP contribution in [0.4, 0.5) is 0 Å². The normalized spacial score (nSPS) is 19.3. The number of carbonyl (C=O) groups is 2. The van der Waals surface area contributed by atoms with Gasteiger partial charge in [-0.2, -0.15) is 0 Å². The standard InChI is InChI=1S/C55H74O9/c1-55(2,3)64-50(57)38-48(36-26-12-10-8-6-4-5-7-9-11-13-27-37-56)62-54-53(61-42-47-34-24-17-25-35-47)52(60-41-46-32-22-16-23-33-46)51(59-40-45-30-20-15-21-31-45)49(63-54)43-58-39-44-28-18-14-19-29-44/h14-25,28-35,37,48-49,51-54H,4-13,26-27,36,38-43H2,1-3H3/t48-,49-,51-,52+,53-,54-/m1/s1. The predicted molar refractivity (Wildman–Crippen MR) is 251 cm³/mol. The van der Waals surface area contributed by atoms with Gasteiger partial charge in [0.05, 0.1) is 45.6 Å². The first-order valence-electron chi connectivity index (χ1n) is 23.8. The summed E-state index contributed by atoms with van der Waals surface area (Å²) in [6, 6.07) is 40.3. The largest absolute Gasteiger partial charge is 0.460 e. The molecule has 1 fully saturated rings. The molecular formula is C55H74O9. The van der Waals surface area contributed by atoms with Crippen molar-refractivity contribution in [1.82, 2.24) is 0 Å². The third-order valence-corrected chi connectivity index (χ3v) is 11.3. The Kier molecular flexibility index (Phi) is 23.3. The fourth-order valence-corrected chi connectivity index (χ4v) is 8.02. The average molecular weight is 879 g/mol. The summed E-state index contributed by atoms with van der Waals surface area (Å²) < 4.78 is 46.9. The van der Waals surface area contributed by atoms with Gasteiger partial charge in [0.15, 0.2) is 6.29 Å². The van der Waals surface area contributed by atoms with Crippen LogP contribution in [0.25, 0.3) is 0 Å². The minimum Gasteiger partial charge on any atom is -0.460 e. The lowest BCUT2D eigenvalue weighted by Gasteiger charge is -2.46. The first-order chi connectivity index (χ1) is 31.3. The minimum absolute atomic E-state index is 0.0774. The van der Waals surface area contributed by atoms with Crippen LogP contribution >= 0.6 is 0 Å². The van der Waals surface area contributed by atoms with Crippen LogP contribution in [-0.2, 0) is 69.2 Å². The molecule has 9 heteroatoms. The highest BCUT2D eigenvalue weighted by molar-refractivity contribution is 5.70. The molecule has 0 saturated carbocycles. The average Bonchev–Trinajstić information content (AvgIpc) is 3.29. The number of unbranched alkanes of at least 4 members (excludes halogenated alkanes) is 11. The minimum atomic E-state index is -0.919. The van der Waals surface area contributed by atoms with Crippen LogP contribution in [0.1, 0.15) is 133 Å². The summed E-state index contributed by atoms with van der Waals surface area (Å²) in [5.41, 5.74) is 3.45. The molecule has 9 nitrogen and oxygen atoms in total. The summed E-state index contributed by atoms with van der Waals surface area (Å²) in [6.45, 7) is 7.19. The molecule has 0 unspecified atom stereocenters. The van der Waals surface area contributed by atoms with Gasteiger partial charge in [-0.1, -0.05) is 186 Å². The maximum absolute atomic E-state index is 13.5. The van der Waals surface area contributed by atoms with Gasteiger partial charge < -0.3 is 38.0 Å².